The second kappa shape index (κ2) is 6.68. The summed E-state index contributed by atoms with van der Waals surface area (Å²) in [5, 5.41) is 9.13. The zero-order valence-electron chi connectivity index (χ0n) is 11.9. The van der Waals surface area contributed by atoms with E-state index in [2.05, 4.69) is 31.0 Å². The van der Waals surface area contributed by atoms with Crippen LogP contribution < -0.4 is 0 Å². The Hall–Kier alpha value is -2.40. The van der Waals surface area contributed by atoms with Crippen molar-refractivity contribution < 1.29 is 0 Å². The van der Waals surface area contributed by atoms with Crippen LogP contribution in [0.3, 0.4) is 0 Å². The van der Waals surface area contributed by atoms with Gasteiger partial charge in [-0.1, -0.05) is 50.6 Å². The lowest BCUT2D eigenvalue weighted by Crippen LogP contribution is -1.88. The average molecular weight is 262 g/mol. The summed E-state index contributed by atoms with van der Waals surface area (Å²) in [4.78, 5) is 4.44. The van der Waals surface area contributed by atoms with E-state index in [4.69, 9.17) is 5.26 Å². The highest BCUT2D eigenvalue weighted by atomic mass is 14.7. The molecule has 0 aliphatic rings. The number of rotatable bonds is 4. The van der Waals surface area contributed by atoms with E-state index in [-0.39, 0.29) is 0 Å². The summed E-state index contributed by atoms with van der Waals surface area (Å²) in [5.41, 5.74) is 3.53. The van der Waals surface area contributed by atoms with Gasteiger partial charge in [0, 0.05) is 17.3 Å². The Kier molecular flexibility index (Phi) is 4.68. The Morgan fingerprint density at radius 2 is 2.05 bits per heavy atom. The van der Waals surface area contributed by atoms with Crippen LogP contribution in [0.5, 0.6) is 0 Å². The largest absolute Gasteiger partial charge is 0.256 e. The van der Waals surface area contributed by atoms with Crippen molar-refractivity contribution in [3.05, 3.63) is 59.9 Å². The fraction of sp³-hybridized carbons (Fsp3) is 0.222. The Balaban J connectivity index is 2.25. The molecule has 0 bridgehead atoms. The molecule has 1 aromatic carbocycles. The van der Waals surface area contributed by atoms with Crippen LogP contribution in [0.2, 0.25) is 0 Å². The number of hydrogen-bond donors (Lipinski definition) is 0. The van der Waals surface area contributed by atoms with Gasteiger partial charge in [-0.3, -0.25) is 4.98 Å². The average Bonchev–Trinajstić information content (AvgIpc) is 2.53. The molecule has 0 fully saturated rings. The van der Waals surface area contributed by atoms with Crippen molar-refractivity contribution in [2.75, 3.05) is 0 Å². The smallest absolute Gasteiger partial charge is 0.0998 e. The van der Waals surface area contributed by atoms with Gasteiger partial charge in [0.1, 0.15) is 0 Å². The standard InChI is InChI=1S/C18H18N2/c1-3-14(2)8-10-17-11-9-16(13-20-17)18-7-5-4-6-15(18)12-19/h4-11,13-14H,3H2,1-2H3/b10-8+/t14-/m0/s1. The monoisotopic (exact) mass is 262 g/mol. The number of benzene rings is 1. The summed E-state index contributed by atoms with van der Waals surface area (Å²) in [5.74, 6) is 0.566. The van der Waals surface area contributed by atoms with Crippen LogP contribution in [-0.4, -0.2) is 4.98 Å². The van der Waals surface area contributed by atoms with Gasteiger partial charge >= 0.3 is 0 Å². The number of nitriles is 1. The Morgan fingerprint density at radius 1 is 1.25 bits per heavy atom. The molecule has 1 atom stereocenters. The summed E-state index contributed by atoms with van der Waals surface area (Å²) >= 11 is 0. The zero-order chi connectivity index (χ0) is 14.4. The predicted octanol–water partition coefficient (Wildman–Crippen LogP) is 4.68. The molecular formula is C18H18N2. The fourth-order valence-electron chi connectivity index (χ4n) is 1.89. The normalized spacial score (nSPS) is 12.2. The zero-order valence-corrected chi connectivity index (χ0v) is 11.9. The lowest BCUT2D eigenvalue weighted by atomic mass is 10.0. The van der Waals surface area contributed by atoms with E-state index in [0.29, 0.717) is 11.5 Å². The van der Waals surface area contributed by atoms with Gasteiger partial charge in [0.15, 0.2) is 0 Å². The van der Waals surface area contributed by atoms with E-state index in [1.54, 1.807) is 0 Å². The Labute approximate surface area is 120 Å². The quantitative estimate of drug-likeness (QED) is 0.802. The van der Waals surface area contributed by atoms with Gasteiger partial charge in [0.2, 0.25) is 0 Å². The van der Waals surface area contributed by atoms with Crippen LogP contribution in [0.1, 0.15) is 31.5 Å². The molecule has 2 heteroatoms. The maximum Gasteiger partial charge on any atom is 0.0998 e. The molecule has 2 rings (SSSR count). The summed E-state index contributed by atoms with van der Waals surface area (Å²) < 4.78 is 0. The van der Waals surface area contributed by atoms with Crippen LogP contribution >= 0.6 is 0 Å². The predicted molar refractivity (Wildman–Crippen MR) is 82.9 cm³/mol. The molecule has 2 aromatic rings. The number of pyridine rings is 1. The van der Waals surface area contributed by atoms with Crippen molar-refractivity contribution in [3.63, 3.8) is 0 Å². The molecule has 20 heavy (non-hydrogen) atoms. The minimum atomic E-state index is 0.566. The van der Waals surface area contributed by atoms with Gasteiger partial charge in [0.05, 0.1) is 17.3 Å². The SMILES string of the molecule is CC[C@H](C)/C=C/c1ccc(-c2ccccc2C#N)cn1. The summed E-state index contributed by atoms with van der Waals surface area (Å²) in [6.45, 7) is 4.36. The van der Waals surface area contributed by atoms with Gasteiger partial charge in [-0.2, -0.15) is 5.26 Å². The molecular weight excluding hydrogens is 244 g/mol. The van der Waals surface area contributed by atoms with Crippen LogP contribution in [0.15, 0.2) is 48.7 Å². The molecule has 0 unspecified atom stereocenters. The molecule has 0 aliphatic carbocycles. The van der Waals surface area contributed by atoms with Crippen molar-refractivity contribution >= 4 is 6.08 Å². The first-order valence-electron chi connectivity index (χ1n) is 6.88. The Bertz CT molecular complexity index is 633. The molecule has 0 radical (unpaired) electrons. The second-order valence-corrected chi connectivity index (χ2v) is 4.87. The molecule has 2 nitrogen and oxygen atoms in total. The van der Waals surface area contributed by atoms with Crippen LogP contribution in [0.25, 0.3) is 17.2 Å². The third-order valence-electron chi connectivity index (χ3n) is 3.38. The first-order valence-corrected chi connectivity index (χ1v) is 6.88. The van der Waals surface area contributed by atoms with Crippen LogP contribution in [0.4, 0.5) is 0 Å². The molecule has 0 saturated heterocycles. The first-order chi connectivity index (χ1) is 9.74. The van der Waals surface area contributed by atoms with Gasteiger partial charge in [-0.15, -0.1) is 0 Å². The summed E-state index contributed by atoms with van der Waals surface area (Å²) in [7, 11) is 0. The minimum absolute atomic E-state index is 0.566. The summed E-state index contributed by atoms with van der Waals surface area (Å²) in [6, 6.07) is 13.8. The van der Waals surface area contributed by atoms with Gasteiger partial charge < -0.3 is 0 Å². The number of hydrogen-bond acceptors (Lipinski definition) is 2. The van der Waals surface area contributed by atoms with E-state index in [9.17, 15) is 0 Å². The highest BCUT2D eigenvalue weighted by Crippen LogP contribution is 2.22. The molecule has 0 amide bonds. The molecule has 0 N–H and O–H groups in total. The maximum absolute atomic E-state index is 9.13. The van der Waals surface area contributed by atoms with Crippen molar-refractivity contribution in [1.82, 2.24) is 4.98 Å². The van der Waals surface area contributed by atoms with E-state index < -0.39 is 0 Å². The third-order valence-corrected chi connectivity index (χ3v) is 3.38. The second-order valence-electron chi connectivity index (χ2n) is 4.87. The minimum Gasteiger partial charge on any atom is -0.256 e. The lowest BCUT2D eigenvalue weighted by Gasteiger charge is -2.04. The van der Waals surface area contributed by atoms with Crippen LogP contribution in [0, 0.1) is 17.2 Å². The Morgan fingerprint density at radius 3 is 2.70 bits per heavy atom. The topological polar surface area (TPSA) is 36.7 Å². The lowest BCUT2D eigenvalue weighted by molar-refractivity contribution is 0.701. The number of nitrogens with zero attached hydrogens (tertiary/aromatic N) is 2. The number of aromatic nitrogens is 1. The molecule has 0 aliphatic heterocycles. The third kappa shape index (κ3) is 3.33. The molecule has 0 spiro atoms. The number of allylic oxidation sites excluding steroid dienone is 1. The van der Waals surface area contributed by atoms with Crippen molar-refractivity contribution in [1.29, 1.82) is 5.26 Å². The van der Waals surface area contributed by atoms with E-state index in [0.717, 1.165) is 23.2 Å². The van der Waals surface area contributed by atoms with Gasteiger partial charge in [-0.05, 0) is 24.1 Å². The summed E-state index contributed by atoms with van der Waals surface area (Å²) in [6.07, 6.45) is 7.18. The molecule has 0 saturated carbocycles. The van der Waals surface area contributed by atoms with E-state index in [1.807, 2.05) is 48.7 Å². The molecule has 1 aromatic heterocycles. The highest BCUT2D eigenvalue weighted by molar-refractivity contribution is 5.70. The van der Waals surface area contributed by atoms with Crippen molar-refractivity contribution in [2.24, 2.45) is 5.92 Å². The van der Waals surface area contributed by atoms with Crippen LogP contribution in [-0.2, 0) is 0 Å². The van der Waals surface area contributed by atoms with E-state index in [1.165, 1.54) is 0 Å². The highest BCUT2D eigenvalue weighted by Gasteiger charge is 2.03. The molecule has 100 valence electrons. The fourth-order valence-corrected chi connectivity index (χ4v) is 1.89. The molecule has 1 heterocycles. The van der Waals surface area contributed by atoms with E-state index >= 15 is 0 Å². The van der Waals surface area contributed by atoms with Gasteiger partial charge in [-0.25, -0.2) is 0 Å². The van der Waals surface area contributed by atoms with Crippen molar-refractivity contribution in [2.45, 2.75) is 20.3 Å². The van der Waals surface area contributed by atoms with Crippen molar-refractivity contribution in [3.8, 4) is 17.2 Å². The first kappa shape index (κ1) is 14.0. The van der Waals surface area contributed by atoms with Gasteiger partial charge in [0.25, 0.3) is 0 Å². The maximum atomic E-state index is 9.13.